The topological polar surface area (TPSA) is 47.6 Å². The number of ether oxygens (including phenoxy) is 2. The van der Waals surface area contributed by atoms with Crippen LogP contribution in [0.2, 0.25) is 0 Å². The highest BCUT2D eigenvalue weighted by molar-refractivity contribution is 5.97. The van der Waals surface area contributed by atoms with Gasteiger partial charge in [0, 0.05) is 11.1 Å². The number of benzene rings is 1. The summed E-state index contributed by atoms with van der Waals surface area (Å²) in [6.45, 7) is 12.5. The zero-order valence-electron chi connectivity index (χ0n) is 16.2. The van der Waals surface area contributed by atoms with E-state index >= 15 is 0 Å². The SMILES string of the molecule is COc1ccc(/C=C(\C)C(=O)NC(C)(C)CC(C)(C)C)cc1OC. The van der Waals surface area contributed by atoms with Crippen LogP contribution in [0.15, 0.2) is 23.8 Å². The fourth-order valence-corrected chi connectivity index (χ4v) is 3.03. The number of hydrogen-bond acceptors (Lipinski definition) is 3. The summed E-state index contributed by atoms with van der Waals surface area (Å²) in [6, 6.07) is 5.59. The van der Waals surface area contributed by atoms with Crippen LogP contribution in [0.25, 0.3) is 6.08 Å². The molecule has 4 heteroatoms. The molecule has 0 saturated heterocycles. The quantitative estimate of drug-likeness (QED) is 0.783. The van der Waals surface area contributed by atoms with Gasteiger partial charge in [0.1, 0.15) is 0 Å². The summed E-state index contributed by atoms with van der Waals surface area (Å²) in [6.07, 6.45) is 2.75. The van der Waals surface area contributed by atoms with E-state index in [1.54, 1.807) is 14.2 Å². The molecular weight excluding hydrogens is 302 g/mol. The normalized spacial score (nSPS) is 12.8. The van der Waals surface area contributed by atoms with Crippen molar-refractivity contribution in [1.29, 1.82) is 0 Å². The molecule has 0 aliphatic rings. The predicted octanol–water partition coefficient (Wildman–Crippen LogP) is 4.44. The third-order valence-electron chi connectivity index (χ3n) is 3.57. The van der Waals surface area contributed by atoms with Crippen molar-refractivity contribution in [3.8, 4) is 11.5 Å². The Bertz CT molecular complexity index is 610. The molecular formula is C20H31NO3. The second-order valence-corrected chi connectivity index (χ2v) is 8.02. The van der Waals surface area contributed by atoms with Crippen LogP contribution < -0.4 is 14.8 Å². The van der Waals surface area contributed by atoms with Gasteiger partial charge in [-0.2, -0.15) is 0 Å². The van der Waals surface area contributed by atoms with Gasteiger partial charge in [-0.25, -0.2) is 0 Å². The van der Waals surface area contributed by atoms with Gasteiger partial charge < -0.3 is 14.8 Å². The molecule has 1 rings (SSSR count). The summed E-state index contributed by atoms with van der Waals surface area (Å²) in [7, 11) is 3.20. The summed E-state index contributed by atoms with van der Waals surface area (Å²) < 4.78 is 10.5. The summed E-state index contributed by atoms with van der Waals surface area (Å²) >= 11 is 0. The third kappa shape index (κ3) is 6.26. The first-order valence-electron chi connectivity index (χ1n) is 8.20. The first-order chi connectivity index (χ1) is 11.0. The number of amides is 1. The standard InChI is InChI=1S/C20H31NO3/c1-14(18(22)21-20(5,6)13-19(2,3)4)11-15-9-10-16(23-7)17(12-15)24-8/h9-12H,13H2,1-8H3,(H,21,22)/b14-11+. The molecule has 0 aliphatic carbocycles. The number of nitrogens with one attached hydrogen (secondary N) is 1. The molecule has 0 saturated carbocycles. The molecule has 0 spiro atoms. The Morgan fingerprint density at radius 3 is 2.17 bits per heavy atom. The minimum absolute atomic E-state index is 0.0564. The molecule has 1 aromatic carbocycles. The van der Waals surface area contributed by atoms with Gasteiger partial charge >= 0.3 is 0 Å². The molecule has 0 unspecified atom stereocenters. The fourth-order valence-electron chi connectivity index (χ4n) is 3.03. The van der Waals surface area contributed by atoms with Crippen molar-refractivity contribution in [3.63, 3.8) is 0 Å². The highest BCUT2D eigenvalue weighted by Crippen LogP contribution is 2.29. The van der Waals surface area contributed by atoms with Crippen molar-refractivity contribution < 1.29 is 14.3 Å². The smallest absolute Gasteiger partial charge is 0.247 e. The lowest BCUT2D eigenvalue weighted by molar-refractivity contribution is -0.119. The monoisotopic (exact) mass is 333 g/mol. The van der Waals surface area contributed by atoms with Crippen LogP contribution in [0, 0.1) is 5.41 Å². The number of hydrogen-bond donors (Lipinski definition) is 1. The van der Waals surface area contributed by atoms with Crippen LogP contribution in [0.4, 0.5) is 0 Å². The van der Waals surface area contributed by atoms with Gasteiger partial charge in [-0.1, -0.05) is 26.8 Å². The number of carbonyl (C=O) groups is 1. The maximum Gasteiger partial charge on any atom is 0.247 e. The minimum atomic E-state index is -0.262. The number of carbonyl (C=O) groups excluding carboxylic acids is 1. The maximum atomic E-state index is 12.5. The summed E-state index contributed by atoms with van der Waals surface area (Å²) in [4.78, 5) is 12.5. The van der Waals surface area contributed by atoms with Crippen LogP contribution in [-0.2, 0) is 4.79 Å². The molecule has 0 radical (unpaired) electrons. The fraction of sp³-hybridized carbons (Fsp3) is 0.550. The first kappa shape index (κ1) is 20.1. The summed E-state index contributed by atoms with van der Waals surface area (Å²) in [5, 5.41) is 3.12. The van der Waals surface area contributed by atoms with Gasteiger partial charge in [-0.3, -0.25) is 4.79 Å². The predicted molar refractivity (Wildman–Crippen MR) is 99.5 cm³/mol. The Hall–Kier alpha value is -1.97. The van der Waals surface area contributed by atoms with Crippen molar-refractivity contribution in [3.05, 3.63) is 29.3 Å². The minimum Gasteiger partial charge on any atom is -0.493 e. The molecule has 134 valence electrons. The van der Waals surface area contributed by atoms with Crippen LogP contribution in [0.1, 0.15) is 53.5 Å². The zero-order valence-corrected chi connectivity index (χ0v) is 16.2. The summed E-state index contributed by atoms with van der Waals surface area (Å²) in [5.41, 5.74) is 1.44. The lowest BCUT2D eigenvalue weighted by Gasteiger charge is -2.33. The Kier molecular flexibility index (Phi) is 6.47. The maximum absolute atomic E-state index is 12.5. The highest BCUT2D eigenvalue weighted by Gasteiger charge is 2.27. The molecule has 4 nitrogen and oxygen atoms in total. The molecule has 1 N–H and O–H groups in total. The van der Waals surface area contributed by atoms with E-state index in [1.165, 1.54) is 0 Å². The van der Waals surface area contributed by atoms with E-state index in [4.69, 9.17) is 9.47 Å². The Morgan fingerprint density at radius 2 is 1.67 bits per heavy atom. The average molecular weight is 333 g/mol. The first-order valence-corrected chi connectivity index (χ1v) is 8.20. The zero-order chi connectivity index (χ0) is 18.5. The molecule has 1 amide bonds. The largest absolute Gasteiger partial charge is 0.493 e. The van der Waals surface area contributed by atoms with E-state index in [0.717, 1.165) is 12.0 Å². The Morgan fingerprint density at radius 1 is 1.08 bits per heavy atom. The van der Waals surface area contributed by atoms with Gasteiger partial charge in [0.05, 0.1) is 14.2 Å². The molecule has 0 atom stereocenters. The Balaban J connectivity index is 2.91. The second kappa shape index (κ2) is 7.73. The number of methoxy groups -OCH3 is 2. The number of rotatable bonds is 6. The molecule has 0 bridgehead atoms. The van der Waals surface area contributed by atoms with Gasteiger partial charge in [0.15, 0.2) is 11.5 Å². The van der Waals surface area contributed by atoms with Crippen LogP contribution in [0.3, 0.4) is 0 Å². The van der Waals surface area contributed by atoms with Crippen LogP contribution >= 0.6 is 0 Å². The van der Waals surface area contributed by atoms with Gasteiger partial charge in [0.2, 0.25) is 5.91 Å². The van der Waals surface area contributed by atoms with E-state index in [-0.39, 0.29) is 16.9 Å². The van der Waals surface area contributed by atoms with E-state index in [1.807, 2.05) is 31.2 Å². The molecule has 0 aromatic heterocycles. The molecule has 0 fully saturated rings. The van der Waals surface area contributed by atoms with E-state index in [9.17, 15) is 4.79 Å². The van der Waals surface area contributed by atoms with Crippen LogP contribution in [0.5, 0.6) is 11.5 Å². The van der Waals surface area contributed by atoms with Gasteiger partial charge in [0.25, 0.3) is 0 Å². The van der Waals surface area contributed by atoms with Crippen molar-refractivity contribution in [2.24, 2.45) is 5.41 Å². The van der Waals surface area contributed by atoms with Gasteiger partial charge in [-0.05, 0) is 56.4 Å². The van der Waals surface area contributed by atoms with Crippen molar-refractivity contribution >= 4 is 12.0 Å². The van der Waals surface area contributed by atoms with Crippen molar-refractivity contribution in [2.45, 2.75) is 53.5 Å². The Labute approximate surface area is 146 Å². The second-order valence-electron chi connectivity index (χ2n) is 8.02. The van der Waals surface area contributed by atoms with E-state index < -0.39 is 0 Å². The van der Waals surface area contributed by atoms with Gasteiger partial charge in [-0.15, -0.1) is 0 Å². The lowest BCUT2D eigenvalue weighted by Crippen LogP contribution is -2.46. The molecule has 1 aromatic rings. The molecule has 24 heavy (non-hydrogen) atoms. The lowest BCUT2D eigenvalue weighted by atomic mass is 9.81. The average Bonchev–Trinajstić information content (AvgIpc) is 2.43. The van der Waals surface area contributed by atoms with E-state index in [2.05, 4.69) is 39.9 Å². The molecule has 0 heterocycles. The molecule has 0 aliphatic heterocycles. The third-order valence-corrected chi connectivity index (χ3v) is 3.57. The van der Waals surface area contributed by atoms with Crippen molar-refractivity contribution in [2.75, 3.05) is 14.2 Å². The highest BCUT2D eigenvalue weighted by atomic mass is 16.5. The van der Waals surface area contributed by atoms with Crippen LogP contribution in [-0.4, -0.2) is 25.7 Å². The van der Waals surface area contributed by atoms with E-state index in [0.29, 0.717) is 17.1 Å². The van der Waals surface area contributed by atoms with Crippen molar-refractivity contribution in [1.82, 2.24) is 5.32 Å². The summed E-state index contributed by atoms with van der Waals surface area (Å²) in [5.74, 6) is 1.26.